The number of rotatable bonds is 81. The van der Waals surface area contributed by atoms with E-state index >= 15 is 0 Å². The summed E-state index contributed by atoms with van der Waals surface area (Å²) in [6.07, 6.45) is 109. The molecule has 0 fully saturated rings. The Bertz CT molecular complexity index is 1930. The molecule has 0 radical (unpaired) electrons. The molecule has 0 spiro atoms. The fourth-order valence-electron chi connectivity index (χ4n) is 12.9. The lowest BCUT2D eigenvalue weighted by Crippen LogP contribution is -2.44. The minimum absolute atomic E-state index is 0.149. The lowest BCUT2D eigenvalue weighted by atomic mass is 10.0. The molecule has 0 aliphatic rings. The van der Waals surface area contributed by atoms with Gasteiger partial charge in [0.25, 0.3) is 0 Å². The molecule has 0 aromatic rings. The van der Waals surface area contributed by atoms with Crippen molar-refractivity contribution in [2.45, 2.75) is 431 Å². The molecule has 9 nitrogen and oxygen atoms in total. The van der Waals surface area contributed by atoms with Gasteiger partial charge in [0.15, 0.2) is 12.4 Å². The van der Waals surface area contributed by atoms with Crippen LogP contribution in [0.3, 0.4) is 0 Å². The molecule has 0 rings (SSSR count). The summed E-state index contributed by atoms with van der Waals surface area (Å²) in [6.45, 7) is 4.71. The van der Waals surface area contributed by atoms with Crippen LogP contribution in [0.1, 0.15) is 418 Å². The summed E-state index contributed by atoms with van der Waals surface area (Å²) >= 11 is 0. The number of hydrogen-bond acceptors (Lipinski definition) is 8. The molecule has 9 heteroatoms. The van der Waals surface area contributed by atoms with Crippen LogP contribution in [0.4, 0.5) is 0 Å². The quantitative estimate of drug-likeness (QED) is 0.0195. The predicted molar refractivity (Wildman–Crippen MR) is 431 cm³/mol. The number of nitrogens with zero attached hydrogens (tertiary/aromatic N) is 1. The number of carbonyl (C=O) groups excluding carboxylic acids is 3. The normalized spacial score (nSPS) is 13.0. The summed E-state index contributed by atoms with van der Waals surface area (Å²) in [7, 11) is 5.95. The highest BCUT2D eigenvalue weighted by molar-refractivity contribution is 5.70. The van der Waals surface area contributed by atoms with Crippen LogP contribution in [-0.4, -0.2) is 82.3 Å². The van der Waals surface area contributed by atoms with Gasteiger partial charge in [-0.2, -0.15) is 0 Å². The maximum absolute atomic E-state index is 13.0. The molecule has 0 aromatic carbocycles. The Morgan fingerprint density at radius 3 is 0.850 bits per heavy atom. The van der Waals surface area contributed by atoms with E-state index in [9.17, 15) is 19.5 Å². The maximum atomic E-state index is 13.0. The van der Waals surface area contributed by atoms with Gasteiger partial charge < -0.3 is 33.3 Å². The number of carbonyl (C=O) groups is 3. The number of quaternary nitrogens is 1. The monoisotopic (exact) mass is 1400 g/mol. The Hall–Kier alpha value is -3.53. The summed E-state index contributed by atoms with van der Waals surface area (Å²) in [5.74, 6) is -2.25. The summed E-state index contributed by atoms with van der Waals surface area (Å²) in [5, 5.41) is 11.9. The van der Waals surface area contributed by atoms with Gasteiger partial charge in [-0.3, -0.25) is 9.59 Å². The molecule has 2 unspecified atom stereocenters. The third-order valence-electron chi connectivity index (χ3n) is 19.4. The van der Waals surface area contributed by atoms with Gasteiger partial charge in [-0.25, -0.2) is 0 Å². The minimum Gasteiger partial charge on any atom is -0.545 e. The van der Waals surface area contributed by atoms with E-state index in [0.717, 1.165) is 77.0 Å². The number of hydrogen-bond donors (Lipinski definition) is 0. The average molecular weight is 1400 g/mol. The van der Waals surface area contributed by atoms with Crippen LogP contribution >= 0.6 is 0 Å². The zero-order valence-electron chi connectivity index (χ0n) is 66.8. The molecule has 0 heterocycles. The first-order valence-electron chi connectivity index (χ1n) is 43.2. The van der Waals surface area contributed by atoms with E-state index in [4.69, 9.17) is 18.9 Å². The largest absolute Gasteiger partial charge is 0.545 e. The van der Waals surface area contributed by atoms with Crippen LogP contribution in [0.25, 0.3) is 0 Å². The van der Waals surface area contributed by atoms with E-state index in [1.165, 1.54) is 308 Å². The molecule has 582 valence electrons. The standard InChI is InChI=1S/C91H165NO8/c1-6-8-10-12-14-16-18-20-22-24-26-28-30-32-34-36-38-40-42-43-44-45-46-47-48-50-52-54-56-58-60-62-64-66-68-70-72-74-76-78-80-82-89(94)100-87(86-99-91(90(95)96)97-84-83-92(3,4)5)85-98-88(93)81-79-77-75-73-71-69-67-65-63-61-59-57-55-53-51-49-41-39-37-35-33-31-29-27-25-23-21-19-17-15-13-11-9-7-2/h8,10,14,16,20,22,26,28,32,34,38,40,43-44,87,91H,6-7,9,11-13,15,17-19,21,23-25,27,29-31,33,35-37,39,41-42,45-86H2,1-5H3/b10-8-,16-14-,22-20-,28-26-,34-32-,40-38-,44-43-. The molecular formula is C91H165NO8. The molecule has 0 aliphatic carbocycles. The topological polar surface area (TPSA) is 111 Å². The van der Waals surface area contributed by atoms with Gasteiger partial charge in [0, 0.05) is 12.8 Å². The van der Waals surface area contributed by atoms with E-state index in [2.05, 4.69) is 98.9 Å². The molecule has 0 amide bonds. The van der Waals surface area contributed by atoms with Crippen LogP contribution in [0.5, 0.6) is 0 Å². The number of esters is 2. The highest BCUT2D eigenvalue weighted by Gasteiger charge is 2.22. The second-order valence-corrected chi connectivity index (χ2v) is 30.5. The fourth-order valence-corrected chi connectivity index (χ4v) is 12.9. The number of likely N-dealkylation sites (N-methyl/N-ethyl adjacent to an activating group) is 1. The van der Waals surface area contributed by atoms with Crippen molar-refractivity contribution < 1.29 is 42.9 Å². The number of unbranched alkanes of at least 4 members (excludes halogenated alkanes) is 52. The second kappa shape index (κ2) is 81.1. The molecule has 100 heavy (non-hydrogen) atoms. The van der Waals surface area contributed by atoms with Crippen LogP contribution in [-0.2, 0) is 33.3 Å². The van der Waals surface area contributed by atoms with Crippen molar-refractivity contribution in [2.75, 3.05) is 47.5 Å². The first kappa shape index (κ1) is 96.5. The minimum atomic E-state index is -1.62. The van der Waals surface area contributed by atoms with E-state index in [1.807, 2.05) is 21.1 Å². The van der Waals surface area contributed by atoms with Gasteiger partial charge in [0.1, 0.15) is 13.2 Å². The third-order valence-corrected chi connectivity index (χ3v) is 19.4. The van der Waals surface area contributed by atoms with Crippen LogP contribution in [0, 0.1) is 0 Å². The lowest BCUT2D eigenvalue weighted by molar-refractivity contribution is -0.870. The summed E-state index contributed by atoms with van der Waals surface area (Å²) in [4.78, 5) is 37.7. The molecule has 0 aromatic heterocycles. The highest BCUT2D eigenvalue weighted by atomic mass is 16.7. The Morgan fingerprint density at radius 1 is 0.310 bits per heavy atom. The number of carboxylic acids is 1. The Labute approximate surface area is 620 Å². The predicted octanol–water partition coefficient (Wildman–Crippen LogP) is 26.8. The van der Waals surface area contributed by atoms with Gasteiger partial charge in [0.05, 0.1) is 40.3 Å². The van der Waals surface area contributed by atoms with Gasteiger partial charge in [-0.05, 0) is 70.6 Å². The molecular weight excluding hydrogens is 1230 g/mol. The molecule has 0 saturated carbocycles. The van der Waals surface area contributed by atoms with Crippen molar-refractivity contribution in [2.24, 2.45) is 0 Å². The third kappa shape index (κ3) is 81.8. The van der Waals surface area contributed by atoms with E-state index in [-0.39, 0.29) is 32.2 Å². The van der Waals surface area contributed by atoms with E-state index < -0.39 is 24.3 Å². The average Bonchev–Trinajstić information content (AvgIpc) is 1.08. The molecule has 2 atom stereocenters. The number of allylic oxidation sites excluding steroid dienone is 14. The molecule has 0 saturated heterocycles. The van der Waals surface area contributed by atoms with Crippen molar-refractivity contribution in [3.05, 3.63) is 85.1 Å². The summed E-state index contributed by atoms with van der Waals surface area (Å²) < 4.78 is 22.9. The zero-order chi connectivity index (χ0) is 72.5. The number of aliphatic carboxylic acids is 1. The van der Waals surface area contributed by atoms with E-state index in [0.29, 0.717) is 23.9 Å². The van der Waals surface area contributed by atoms with Gasteiger partial charge in [0.2, 0.25) is 0 Å². The molecule has 0 bridgehead atoms. The van der Waals surface area contributed by atoms with Crippen molar-refractivity contribution in [1.29, 1.82) is 0 Å². The number of carboxylic acid groups (broad SMARTS) is 1. The lowest BCUT2D eigenvalue weighted by Gasteiger charge is -2.26. The van der Waals surface area contributed by atoms with Crippen molar-refractivity contribution in [3.8, 4) is 0 Å². The Balaban J connectivity index is 3.95. The fraction of sp³-hybridized carbons (Fsp3) is 0.813. The van der Waals surface area contributed by atoms with Gasteiger partial charge >= 0.3 is 11.9 Å². The number of ether oxygens (including phenoxy) is 4. The van der Waals surface area contributed by atoms with Crippen molar-refractivity contribution in [1.82, 2.24) is 0 Å². The summed E-state index contributed by atoms with van der Waals surface area (Å²) in [6, 6.07) is 0. The Kier molecular flexibility index (Phi) is 78.3. The smallest absolute Gasteiger partial charge is 0.306 e. The first-order valence-corrected chi connectivity index (χ1v) is 43.2. The first-order chi connectivity index (χ1) is 49.1. The van der Waals surface area contributed by atoms with Crippen LogP contribution in [0.2, 0.25) is 0 Å². The van der Waals surface area contributed by atoms with Gasteiger partial charge in [-0.1, -0.05) is 420 Å². The second-order valence-electron chi connectivity index (χ2n) is 30.5. The SMILES string of the molecule is CC/C=C\C/C=C\C/C=C\C/C=C\C/C=C\C/C=C\C/C=C\CCCCCCCCCCCCCCCCCCCCCC(=O)OC(COC(=O)CCCCCCCCCCCCCCCCCCCCCCCCCCCCCCCCCCCC)COC(OCC[N+](C)(C)C)C(=O)[O-]. The maximum Gasteiger partial charge on any atom is 0.306 e. The zero-order valence-corrected chi connectivity index (χ0v) is 66.8. The van der Waals surface area contributed by atoms with Crippen LogP contribution in [0.15, 0.2) is 85.1 Å². The van der Waals surface area contributed by atoms with Crippen LogP contribution < -0.4 is 5.11 Å². The molecule has 0 N–H and O–H groups in total. The molecule has 0 aliphatic heterocycles. The Morgan fingerprint density at radius 2 is 0.570 bits per heavy atom. The van der Waals surface area contributed by atoms with Gasteiger partial charge in [-0.15, -0.1) is 0 Å². The van der Waals surface area contributed by atoms with E-state index in [1.54, 1.807) is 0 Å². The highest BCUT2D eigenvalue weighted by Crippen LogP contribution is 2.20. The van der Waals surface area contributed by atoms with Crippen molar-refractivity contribution >= 4 is 17.9 Å². The summed E-state index contributed by atoms with van der Waals surface area (Å²) in [5.41, 5.74) is 0. The van der Waals surface area contributed by atoms with Crippen molar-refractivity contribution in [3.63, 3.8) is 0 Å².